The van der Waals surface area contributed by atoms with Crippen LogP contribution in [0.15, 0.2) is 53.4 Å². The van der Waals surface area contributed by atoms with Crippen molar-refractivity contribution in [1.82, 2.24) is 10.0 Å². The Labute approximate surface area is 141 Å². The van der Waals surface area contributed by atoms with Crippen LogP contribution in [0.1, 0.15) is 28.4 Å². The lowest BCUT2D eigenvalue weighted by molar-refractivity contribution is 0.0950. The lowest BCUT2D eigenvalue weighted by atomic mass is 10.1. The number of rotatable bonds is 6. The molecule has 2 rings (SSSR count). The van der Waals surface area contributed by atoms with Crippen molar-refractivity contribution in [3.63, 3.8) is 0 Å². The van der Waals surface area contributed by atoms with Gasteiger partial charge in [-0.05, 0) is 35.9 Å². The molecule has 1 amide bonds. The van der Waals surface area contributed by atoms with Crippen LogP contribution in [-0.2, 0) is 16.6 Å². The Bertz CT molecular complexity index is 869. The van der Waals surface area contributed by atoms with E-state index in [2.05, 4.69) is 10.0 Å². The number of sulfonamides is 1. The first-order chi connectivity index (χ1) is 11.5. The summed E-state index contributed by atoms with van der Waals surface area (Å²) in [6, 6.07) is 14.7. The van der Waals surface area contributed by atoms with Crippen molar-refractivity contribution in [2.24, 2.45) is 0 Å². The minimum Gasteiger partial charge on any atom is -0.348 e. The highest BCUT2D eigenvalue weighted by Gasteiger charge is 2.15. The van der Waals surface area contributed by atoms with Crippen molar-refractivity contribution >= 4 is 15.9 Å². The third-order valence-corrected chi connectivity index (χ3v) is 4.82. The van der Waals surface area contributed by atoms with E-state index in [-0.39, 0.29) is 29.5 Å². The predicted molar refractivity (Wildman–Crippen MR) is 89.6 cm³/mol. The van der Waals surface area contributed by atoms with E-state index in [9.17, 15) is 13.2 Å². The van der Waals surface area contributed by atoms with Gasteiger partial charge < -0.3 is 5.32 Å². The molecule has 0 aliphatic rings. The molecule has 2 aromatic carbocycles. The molecule has 0 aliphatic heterocycles. The molecule has 0 unspecified atom stereocenters. The van der Waals surface area contributed by atoms with Crippen molar-refractivity contribution in [3.05, 3.63) is 65.2 Å². The van der Waals surface area contributed by atoms with Gasteiger partial charge in [0.25, 0.3) is 5.91 Å². The molecule has 2 N–H and O–H groups in total. The number of nitrogens with one attached hydrogen (secondary N) is 2. The number of nitrogens with zero attached hydrogens (tertiary/aromatic N) is 1. The van der Waals surface area contributed by atoms with E-state index in [4.69, 9.17) is 5.26 Å². The van der Waals surface area contributed by atoms with Crippen LogP contribution in [0.5, 0.6) is 0 Å². The SMILES string of the molecule is CCNS(=O)(=O)c1cccc(C(=O)NCc2ccc(C#N)cc2)c1. The van der Waals surface area contributed by atoms with E-state index in [0.29, 0.717) is 5.56 Å². The Balaban J connectivity index is 2.08. The van der Waals surface area contributed by atoms with Gasteiger partial charge in [0.05, 0.1) is 16.5 Å². The molecule has 0 aliphatic carbocycles. The van der Waals surface area contributed by atoms with Crippen LogP contribution in [0, 0.1) is 11.3 Å². The second-order valence-electron chi connectivity index (χ2n) is 5.02. The molecule has 0 saturated carbocycles. The second kappa shape index (κ2) is 7.73. The molecular formula is C17H17N3O3S. The average molecular weight is 343 g/mol. The molecule has 0 radical (unpaired) electrons. The van der Waals surface area contributed by atoms with Crippen molar-refractivity contribution in [2.75, 3.05) is 6.54 Å². The van der Waals surface area contributed by atoms with Gasteiger partial charge in [-0.15, -0.1) is 0 Å². The maximum atomic E-state index is 12.2. The van der Waals surface area contributed by atoms with E-state index < -0.39 is 10.0 Å². The zero-order valence-corrected chi connectivity index (χ0v) is 13.9. The monoisotopic (exact) mass is 343 g/mol. The predicted octanol–water partition coefficient (Wildman–Crippen LogP) is 1.79. The van der Waals surface area contributed by atoms with Gasteiger partial charge in [0, 0.05) is 18.7 Å². The summed E-state index contributed by atoms with van der Waals surface area (Å²) in [6.07, 6.45) is 0. The second-order valence-corrected chi connectivity index (χ2v) is 6.79. The van der Waals surface area contributed by atoms with Crippen LogP contribution in [0.3, 0.4) is 0 Å². The lowest BCUT2D eigenvalue weighted by Gasteiger charge is -2.08. The van der Waals surface area contributed by atoms with Gasteiger partial charge in [-0.25, -0.2) is 13.1 Å². The fourth-order valence-corrected chi connectivity index (χ4v) is 3.15. The van der Waals surface area contributed by atoms with E-state index >= 15 is 0 Å². The normalized spacial score (nSPS) is 10.8. The number of benzene rings is 2. The highest BCUT2D eigenvalue weighted by Crippen LogP contribution is 2.12. The van der Waals surface area contributed by atoms with Gasteiger partial charge in [-0.2, -0.15) is 5.26 Å². The van der Waals surface area contributed by atoms with Crippen LogP contribution >= 0.6 is 0 Å². The number of hydrogen-bond acceptors (Lipinski definition) is 4. The number of carbonyl (C=O) groups is 1. The zero-order valence-electron chi connectivity index (χ0n) is 13.1. The summed E-state index contributed by atoms with van der Waals surface area (Å²) in [5, 5.41) is 11.5. The molecule has 0 spiro atoms. The minimum atomic E-state index is -3.60. The summed E-state index contributed by atoms with van der Waals surface area (Å²) < 4.78 is 26.3. The Kier molecular flexibility index (Phi) is 5.68. The first-order valence-corrected chi connectivity index (χ1v) is 8.81. The maximum absolute atomic E-state index is 12.2. The summed E-state index contributed by atoms with van der Waals surface area (Å²) in [5.41, 5.74) is 1.66. The lowest BCUT2D eigenvalue weighted by Crippen LogP contribution is -2.25. The Hall–Kier alpha value is -2.69. The average Bonchev–Trinajstić information content (AvgIpc) is 2.60. The summed E-state index contributed by atoms with van der Waals surface area (Å²) in [5.74, 6) is -0.368. The molecule has 6 nitrogen and oxygen atoms in total. The zero-order chi connectivity index (χ0) is 17.6. The molecule has 0 atom stereocenters. The molecular weight excluding hydrogens is 326 g/mol. The quantitative estimate of drug-likeness (QED) is 0.835. The smallest absolute Gasteiger partial charge is 0.251 e. The number of carbonyl (C=O) groups excluding carboxylic acids is 1. The van der Waals surface area contributed by atoms with Crippen molar-refractivity contribution < 1.29 is 13.2 Å². The number of nitriles is 1. The van der Waals surface area contributed by atoms with Gasteiger partial charge >= 0.3 is 0 Å². The number of hydrogen-bond donors (Lipinski definition) is 2. The molecule has 0 heterocycles. The molecule has 0 saturated heterocycles. The topological polar surface area (TPSA) is 99.1 Å². The number of amides is 1. The van der Waals surface area contributed by atoms with Gasteiger partial charge in [0.15, 0.2) is 0 Å². The molecule has 0 aromatic heterocycles. The van der Waals surface area contributed by atoms with E-state index in [1.165, 1.54) is 18.2 Å². The summed E-state index contributed by atoms with van der Waals surface area (Å²) in [4.78, 5) is 12.3. The van der Waals surface area contributed by atoms with Crippen LogP contribution in [-0.4, -0.2) is 20.9 Å². The van der Waals surface area contributed by atoms with Crippen LogP contribution in [0.2, 0.25) is 0 Å². The van der Waals surface area contributed by atoms with E-state index in [1.807, 2.05) is 6.07 Å². The van der Waals surface area contributed by atoms with Crippen LogP contribution in [0.4, 0.5) is 0 Å². The standard InChI is InChI=1S/C17H17N3O3S/c1-2-20-24(22,23)16-5-3-4-15(10-16)17(21)19-12-14-8-6-13(11-18)7-9-14/h3-10,20H,2,12H2,1H3,(H,19,21). The van der Waals surface area contributed by atoms with Gasteiger partial charge in [0.1, 0.15) is 0 Å². The first kappa shape index (κ1) is 17.7. The van der Waals surface area contributed by atoms with Crippen LogP contribution < -0.4 is 10.0 Å². The third kappa shape index (κ3) is 4.41. The van der Waals surface area contributed by atoms with E-state index in [1.54, 1.807) is 37.3 Å². The van der Waals surface area contributed by atoms with Crippen molar-refractivity contribution in [2.45, 2.75) is 18.4 Å². The third-order valence-electron chi connectivity index (χ3n) is 3.28. The Morgan fingerprint density at radius 2 is 1.88 bits per heavy atom. The first-order valence-electron chi connectivity index (χ1n) is 7.33. The molecule has 24 heavy (non-hydrogen) atoms. The molecule has 2 aromatic rings. The fourth-order valence-electron chi connectivity index (χ4n) is 2.06. The van der Waals surface area contributed by atoms with Gasteiger partial charge in [0.2, 0.25) is 10.0 Å². The highest BCUT2D eigenvalue weighted by molar-refractivity contribution is 7.89. The largest absolute Gasteiger partial charge is 0.348 e. The summed E-state index contributed by atoms with van der Waals surface area (Å²) in [6.45, 7) is 2.25. The Morgan fingerprint density at radius 1 is 1.17 bits per heavy atom. The van der Waals surface area contributed by atoms with Crippen LogP contribution in [0.25, 0.3) is 0 Å². The van der Waals surface area contributed by atoms with E-state index in [0.717, 1.165) is 5.56 Å². The fraction of sp³-hybridized carbons (Fsp3) is 0.176. The highest BCUT2D eigenvalue weighted by atomic mass is 32.2. The maximum Gasteiger partial charge on any atom is 0.251 e. The van der Waals surface area contributed by atoms with Gasteiger partial charge in [-0.1, -0.05) is 25.1 Å². The summed E-state index contributed by atoms with van der Waals surface area (Å²) >= 11 is 0. The minimum absolute atomic E-state index is 0.0513. The van der Waals surface area contributed by atoms with Gasteiger partial charge in [-0.3, -0.25) is 4.79 Å². The van der Waals surface area contributed by atoms with Crippen molar-refractivity contribution in [1.29, 1.82) is 5.26 Å². The summed E-state index contributed by atoms with van der Waals surface area (Å²) in [7, 11) is -3.60. The molecule has 0 bridgehead atoms. The van der Waals surface area contributed by atoms with Crippen molar-refractivity contribution in [3.8, 4) is 6.07 Å². The molecule has 0 fully saturated rings. The Morgan fingerprint density at radius 3 is 2.50 bits per heavy atom. The molecule has 7 heteroatoms. The molecule has 124 valence electrons.